The number of hydrogen-bond acceptors (Lipinski definition) is 6. The third-order valence-electron chi connectivity index (χ3n) is 5.91. The van der Waals surface area contributed by atoms with Crippen molar-refractivity contribution in [2.75, 3.05) is 19.5 Å². The fourth-order valence-corrected chi connectivity index (χ4v) is 4.68. The summed E-state index contributed by atoms with van der Waals surface area (Å²) in [4.78, 5) is 17.8. The minimum atomic E-state index is -0.388. The Morgan fingerprint density at radius 2 is 1.90 bits per heavy atom. The number of anilines is 1. The molecule has 2 heterocycles. The summed E-state index contributed by atoms with van der Waals surface area (Å²) < 4.78 is 12.6. The van der Waals surface area contributed by atoms with Crippen LogP contribution in [0.2, 0.25) is 5.02 Å². The highest BCUT2D eigenvalue weighted by Crippen LogP contribution is 2.45. The van der Waals surface area contributed by atoms with Crippen molar-refractivity contribution in [3.63, 3.8) is 0 Å². The van der Waals surface area contributed by atoms with Crippen molar-refractivity contribution in [1.82, 2.24) is 14.8 Å². The topological polar surface area (TPSA) is 78.3 Å². The van der Waals surface area contributed by atoms with Gasteiger partial charge in [0.05, 0.1) is 14.2 Å². The number of nitrogens with one attached hydrogen (secondary N) is 1. The van der Waals surface area contributed by atoms with Crippen molar-refractivity contribution >= 4 is 23.3 Å². The second-order valence-electron chi connectivity index (χ2n) is 7.65. The molecule has 3 aromatic rings. The lowest BCUT2D eigenvalue weighted by molar-refractivity contribution is -0.116. The van der Waals surface area contributed by atoms with Gasteiger partial charge in [0.2, 0.25) is 5.95 Å². The molecule has 31 heavy (non-hydrogen) atoms. The molecule has 0 radical (unpaired) electrons. The largest absolute Gasteiger partial charge is 0.493 e. The second kappa shape index (κ2) is 7.74. The number of benzene rings is 2. The fraction of sp³-hybridized carbons (Fsp3) is 0.261. The Hall–Kier alpha value is -3.32. The molecule has 8 heteroatoms. The van der Waals surface area contributed by atoms with Gasteiger partial charge in [0, 0.05) is 22.7 Å². The van der Waals surface area contributed by atoms with Crippen molar-refractivity contribution in [2.45, 2.75) is 24.8 Å². The summed E-state index contributed by atoms with van der Waals surface area (Å²) in [5, 5.41) is 8.40. The molecule has 158 valence electrons. The van der Waals surface area contributed by atoms with Gasteiger partial charge >= 0.3 is 0 Å². The van der Waals surface area contributed by atoms with Gasteiger partial charge in [0.1, 0.15) is 12.4 Å². The van der Waals surface area contributed by atoms with Gasteiger partial charge < -0.3 is 14.8 Å². The van der Waals surface area contributed by atoms with E-state index in [0.29, 0.717) is 40.9 Å². The van der Waals surface area contributed by atoms with Gasteiger partial charge in [-0.2, -0.15) is 10.1 Å². The van der Waals surface area contributed by atoms with E-state index in [0.717, 1.165) is 16.8 Å². The van der Waals surface area contributed by atoms with Crippen LogP contribution in [0.3, 0.4) is 0 Å². The lowest BCUT2D eigenvalue weighted by Gasteiger charge is -2.35. The van der Waals surface area contributed by atoms with E-state index >= 15 is 0 Å². The highest BCUT2D eigenvalue weighted by Gasteiger charge is 2.39. The van der Waals surface area contributed by atoms with Crippen LogP contribution < -0.4 is 14.8 Å². The monoisotopic (exact) mass is 436 g/mol. The molecule has 0 saturated carbocycles. The van der Waals surface area contributed by atoms with Crippen molar-refractivity contribution in [3.8, 4) is 11.5 Å². The summed E-state index contributed by atoms with van der Waals surface area (Å²) in [6.45, 7) is 0. The second-order valence-corrected chi connectivity index (χ2v) is 8.08. The van der Waals surface area contributed by atoms with Crippen LogP contribution in [0.4, 0.5) is 5.95 Å². The van der Waals surface area contributed by atoms with Gasteiger partial charge in [-0.3, -0.25) is 4.79 Å². The number of aromatic nitrogens is 3. The van der Waals surface area contributed by atoms with Crippen LogP contribution in [-0.4, -0.2) is 34.8 Å². The molecular formula is C23H21ClN4O3. The van der Waals surface area contributed by atoms with Crippen molar-refractivity contribution in [1.29, 1.82) is 0 Å². The van der Waals surface area contributed by atoms with Crippen LogP contribution in [0.5, 0.6) is 11.5 Å². The summed E-state index contributed by atoms with van der Waals surface area (Å²) in [7, 11) is 3.19. The Morgan fingerprint density at radius 3 is 2.68 bits per heavy atom. The predicted molar refractivity (Wildman–Crippen MR) is 117 cm³/mol. The fourth-order valence-electron chi connectivity index (χ4n) is 4.48. The standard InChI is InChI=1S/C23H21ClN4O3/c1-30-19-7-6-14(11-20(19)31-2)22-21-17(27-23-25-12-26-28(22)23)9-15(10-18(21)29)13-4-3-5-16(24)8-13/h3-8,11-12,15,22H,9-10H2,1-2H3,(H,25,26,27)/t15-,22+/m1/s1. The van der Waals surface area contributed by atoms with Crippen LogP contribution in [0, 0.1) is 0 Å². The highest BCUT2D eigenvalue weighted by molar-refractivity contribution is 6.30. The zero-order valence-electron chi connectivity index (χ0n) is 17.1. The first-order chi connectivity index (χ1) is 15.1. The van der Waals surface area contributed by atoms with Crippen LogP contribution in [0.15, 0.2) is 60.1 Å². The van der Waals surface area contributed by atoms with Gasteiger partial charge in [-0.15, -0.1) is 0 Å². The van der Waals surface area contributed by atoms with Crippen LogP contribution in [0.1, 0.15) is 35.9 Å². The number of hydrogen-bond donors (Lipinski definition) is 1. The number of ether oxygens (including phenoxy) is 2. The quantitative estimate of drug-likeness (QED) is 0.654. The molecule has 5 rings (SSSR count). The van der Waals surface area contributed by atoms with E-state index in [1.807, 2.05) is 42.5 Å². The molecule has 2 aliphatic rings. The Labute approximate surface area is 184 Å². The smallest absolute Gasteiger partial charge is 0.226 e. The van der Waals surface area contributed by atoms with E-state index in [2.05, 4.69) is 15.4 Å². The number of allylic oxidation sites excluding steroid dienone is 2. The summed E-state index contributed by atoms with van der Waals surface area (Å²) in [6, 6.07) is 13.0. The molecule has 0 fully saturated rings. The van der Waals surface area contributed by atoms with Crippen molar-refractivity contribution < 1.29 is 14.3 Å². The maximum absolute atomic E-state index is 13.4. The minimum absolute atomic E-state index is 0.0537. The first-order valence-corrected chi connectivity index (χ1v) is 10.4. The highest BCUT2D eigenvalue weighted by atomic mass is 35.5. The average Bonchev–Trinajstić information content (AvgIpc) is 3.25. The van der Waals surface area contributed by atoms with E-state index in [1.165, 1.54) is 6.33 Å². The zero-order chi connectivity index (χ0) is 21.5. The Morgan fingerprint density at radius 1 is 1.06 bits per heavy atom. The van der Waals surface area contributed by atoms with Gasteiger partial charge in [-0.1, -0.05) is 29.8 Å². The molecule has 1 aliphatic heterocycles. The maximum atomic E-state index is 13.4. The maximum Gasteiger partial charge on any atom is 0.226 e. The SMILES string of the molecule is COc1ccc([C@H]2C3=C(C[C@@H](c4cccc(Cl)c4)CC3=O)Nc3ncnn32)cc1OC. The van der Waals surface area contributed by atoms with Gasteiger partial charge in [0.15, 0.2) is 17.3 Å². The van der Waals surface area contributed by atoms with Gasteiger partial charge in [-0.25, -0.2) is 4.68 Å². The summed E-state index contributed by atoms with van der Waals surface area (Å²) in [6.07, 6.45) is 2.60. The number of fused-ring (bicyclic) bond motifs is 1. The first kappa shape index (κ1) is 19.6. The molecule has 0 bridgehead atoms. The number of carbonyl (C=O) groups is 1. The molecule has 1 N–H and O–H groups in total. The van der Waals surface area contributed by atoms with Crippen LogP contribution in [-0.2, 0) is 4.79 Å². The number of nitrogens with zero attached hydrogens (tertiary/aromatic N) is 3. The molecule has 0 amide bonds. The normalized spacial score (nSPS) is 20.0. The van der Waals surface area contributed by atoms with E-state index in [1.54, 1.807) is 18.9 Å². The van der Waals surface area contributed by atoms with Crippen LogP contribution >= 0.6 is 11.6 Å². The summed E-state index contributed by atoms with van der Waals surface area (Å²) in [5.74, 6) is 1.97. The van der Waals surface area contributed by atoms with E-state index in [-0.39, 0.29) is 17.7 Å². The van der Waals surface area contributed by atoms with Crippen molar-refractivity contribution in [2.24, 2.45) is 0 Å². The summed E-state index contributed by atoms with van der Waals surface area (Å²) >= 11 is 6.19. The Bertz CT molecular complexity index is 1200. The van der Waals surface area contributed by atoms with E-state index < -0.39 is 0 Å². The molecule has 0 saturated heterocycles. The molecule has 2 atom stereocenters. The number of Topliss-reactive ketones (excluding diaryl/α,β-unsaturated/α-hetero) is 1. The summed E-state index contributed by atoms with van der Waals surface area (Å²) in [5.41, 5.74) is 3.53. The third-order valence-corrected chi connectivity index (χ3v) is 6.14. The number of ketones is 1. The molecule has 0 unspecified atom stereocenters. The third kappa shape index (κ3) is 3.35. The lowest BCUT2D eigenvalue weighted by atomic mass is 9.78. The number of carbonyl (C=O) groups excluding carboxylic acids is 1. The molecule has 0 spiro atoms. The lowest BCUT2D eigenvalue weighted by Crippen LogP contribution is -2.33. The van der Waals surface area contributed by atoms with Crippen molar-refractivity contribution in [3.05, 3.63) is 76.2 Å². The Kier molecular flexibility index (Phi) is 4.90. The number of halogens is 1. The number of methoxy groups -OCH3 is 2. The minimum Gasteiger partial charge on any atom is -0.493 e. The van der Waals surface area contributed by atoms with Crippen LogP contribution in [0.25, 0.3) is 0 Å². The zero-order valence-corrected chi connectivity index (χ0v) is 17.9. The van der Waals surface area contributed by atoms with E-state index in [4.69, 9.17) is 21.1 Å². The van der Waals surface area contributed by atoms with Gasteiger partial charge in [-0.05, 0) is 47.7 Å². The molecule has 1 aliphatic carbocycles. The molecular weight excluding hydrogens is 416 g/mol. The predicted octanol–water partition coefficient (Wildman–Crippen LogP) is 4.36. The van der Waals surface area contributed by atoms with Gasteiger partial charge in [0.25, 0.3) is 0 Å². The molecule has 1 aromatic heterocycles. The molecule has 7 nitrogen and oxygen atoms in total. The Balaban J connectivity index is 1.60. The first-order valence-electron chi connectivity index (χ1n) is 9.99. The van der Waals surface area contributed by atoms with E-state index in [9.17, 15) is 4.79 Å². The molecule has 2 aromatic carbocycles. The average molecular weight is 437 g/mol. The number of rotatable bonds is 4.